The molecule has 0 bridgehead atoms. The molecular formula is C14H17N3S2. The second-order valence-electron chi connectivity index (χ2n) is 4.04. The van der Waals surface area contributed by atoms with Crippen LogP contribution in [0.15, 0.2) is 40.5 Å². The van der Waals surface area contributed by atoms with Crippen LogP contribution in [0.2, 0.25) is 0 Å². The number of aryl methyl sites for hydroxylation is 1. The summed E-state index contributed by atoms with van der Waals surface area (Å²) in [4.78, 5) is 8.89. The van der Waals surface area contributed by atoms with Gasteiger partial charge in [0.05, 0.1) is 0 Å². The van der Waals surface area contributed by atoms with E-state index in [1.165, 1.54) is 11.1 Å². The number of aromatic nitrogens is 2. The first-order chi connectivity index (χ1) is 9.22. The van der Waals surface area contributed by atoms with Gasteiger partial charge >= 0.3 is 0 Å². The highest BCUT2D eigenvalue weighted by molar-refractivity contribution is 7.99. The lowest BCUT2D eigenvalue weighted by Crippen LogP contribution is -1.97. The number of rotatable bonds is 5. The Morgan fingerprint density at radius 1 is 1.21 bits per heavy atom. The van der Waals surface area contributed by atoms with Crippen LogP contribution in [0.4, 0.5) is 5.82 Å². The lowest BCUT2D eigenvalue weighted by Gasteiger charge is -2.07. The highest BCUT2D eigenvalue weighted by atomic mass is 32.2. The van der Waals surface area contributed by atoms with E-state index in [0.717, 1.165) is 21.8 Å². The number of nitrogens with zero attached hydrogens (tertiary/aromatic N) is 2. The minimum absolute atomic E-state index is 0.805. The number of hydrogen-bond acceptors (Lipinski definition) is 5. The van der Waals surface area contributed by atoms with Crippen LogP contribution < -0.4 is 5.32 Å². The molecule has 0 saturated carbocycles. The maximum atomic E-state index is 4.52. The Balaban J connectivity index is 2.13. The van der Waals surface area contributed by atoms with E-state index in [1.807, 2.05) is 19.4 Å². The molecule has 0 aliphatic rings. The minimum Gasteiger partial charge on any atom is -0.373 e. The molecule has 19 heavy (non-hydrogen) atoms. The maximum Gasteiger partial charge on any atom is 0.190 e. The fourth-order valence-electron chi connectivity index (χ4n) is 1.62. The van der Waals surface area contributed by atoms with E-state index in [0.29, 0.717) is 0 Å². The Hall–Kier alpha value is -1.20. The molecule has 1 aromatic heterocycles. The van der Waals surface area contributed by atoms with Gasteiger partial charge in [0.1, 0.15) is 10.8 Å². The van der Waals surface area contributed by atoms with Crippen LogP contribution in [0.1, 0.15) is 11.1 Å². The summed E-state index contributed by atoms with van der Waals surface area (Å²) in [6, 6.07) is 10.4. The van der Waals surface area contributed by atoms with E-state index in [2.05, 4.69) is 46.5 Å². The Morgan fingerprint density at radius 3 is 2.68 bits per heavy atom. The van der Waals surface area contributed by atoms with Crippen molar-refractivity contribution in [1.29, 1.82) is 0 Å². The monoisotopic (exact) mass is 291 g/mol. The van der Waals surface area contributed by atoms with Crippen molar-refractivity contribution < 1.29 is 0 Å². The summed E-state index contributed by atoms with van der Waals surface area (Å²) >= 11 is 3.30. The van der Waals surface area contributed by atoms with Crippen LogP contribution in [0.3, 0.4) is 0 Å². The molecule has 1 aromatic carbocycles. The molecule has 0 aliphatic heterocycles. The SMILES string of the molecule is CNc1cc(SCc2ccccc2C)nc(SC)n1. The lowest BCUT2D eigenvalue weighted by molar-refractivity contribution is 0.897. The van der Waals surface area contributed by atoms with E-state index in [-0.39, 0.29) is 0 Å². The number of hydrogen-bond donors (Lipinski definition) is 1. The van der Waals surface area contributed by atoms with Gasteiger partial charge in [-0.2, -0.15) is 0 Å². The summed E-state index contributed by atoms with van der Waals surface area (Å²) in [5.41, 5.74) is 2.67. The minimum atomic E-state index is 0.805. The second-order valence-corrected chi connectivity index (χ2v) is 5.81. The summed E-state index contributed by atoms with van der Waals surface area (Å²) in [5, 5.41) is 4.89. The van der Waals surface area contributed by atoms with Gasteiger partial charge in [0.25, 0.3) is 0 Å². The third kappa shape index (κ3) is 3.88. The summed E-state index contributed by atoms with van der Waals surface area (Å²) in [6.45, 7) is 2.14. The molecule has 2 rings (SSSR count). The van der Waals surface area contributed by atoms with Gasteiger partial charge in [0, 0.05) is 18.9 Å². The average Bonchev–Trinajstić information content (AvgIpc) is 2.46. The summed E-state index contributed by atoms with van der Waals surface area (Å²) in [6.07, 6.45) is 1.99. The zero-order chi connectivity index (χ0) is 13.7. The molecule has 0 saturated heterocycles. The summed E-state index contributed by atoms with van der Waals surface area (Å²) < 4.78 is 0. The number of benzene rings is 1. The zero-order valence-corrected chi connectivity index (χ0v) is 12.9. The molecule has 1 N–H and O–H groups in total. The van der Waals surface area contributed by atoms with Crippen LogP contribution >= 0.6 is 23.5 Å². The van der Waals surface area contributed by atoms with E-state index in [9.17, 15) is 0 Å². The smallest absolute Gasteiger partial charge is 0.190 e. The standard InChI is InChI=1S/C14H17N3S2/c1-10-6-4-5-7-11(10)9-19-13-8-12(15-2)16-14(17-13)18-3/h4-8H,9H2,1-3H3,(H,15,16,17). The van der Waals surface area contributed by atoms with Crippen molar-refractivity contribution in [2.45, 2.75) is 22.9 Å². The molecule has 0 radical (unpaired) electrons. The van der Waals surface area contributed by atoms with Gasteiger partial charge in [-0.1, -0.05) is 36.0 Å². The number of anilines is 1. The number of nitrogens with one attached hydrogen (secondary N) is 1. The van der Waals surface area contributed by atoms with Crippen LogP contribution in [0, 0.1) is 6.92 Å². The molecule has 0 unspecified atom stereocenters. The summed E-state index contributed by atoms with van der Waals surface area (Å²) in [5.74, 6) is 1.80. The van der Waals surface area contributed by atoms with E-state index in [4.69, 9.17) is 0 Å². The van der Waals surface area contributed by atoms with E-state index in [1.54, 1.807) is 23.5 Å². The molecule has 0 spiro atoms. The quantitative estimate of drug-likeness (QED) is 0.515. The first-order valence-corrected chi connectivity index (χ1v) is 8.22. The molecule has 0 fully saturated rings. The van der Waals surface area contributed by atoms with Crippen LogP contribution in [-0.4, -0.2) is 23.3 Å². The molecule has 3 nitrogen and oxygen atoms in total. The topological polar surface area (TPSA) is 37.8 Å². The third-order valence-corrected chi connectivity index (χ3v) is 4.27. The normalized spacial score (nSPS) is 10.5. The molecule has 0 aliphatic carbocycles. The Labute approximate surface area is 122 Å². The molecule has 0 amide bonds. The van der Waals surface area contributed by atoms with Gasteiger partial charge in [-0.15, -0.1) is 11.8 Å². The fourth-order valence-corrected chi connectivity index (χ4v) is 3.03. The van der Waals surface area contributed by atoms with Crippen molar-refractivity contribution in [3.05, 3.63) is 41.5 Å². The van der Waals surface area contributed by atoms with E-state index < -0.39 is 0 Å². The summed E-state index contributed by atoms with van der Waals surface area (Å²) in [7, 11) is 1.88. The fraction of sp³-hybridized carbons (Fsp3) is 0.286. The first-order valence-electron chi connectivity index (χ1n) is 6.01. The Kier molecular flexibility index (Phi) is 5.10. The van der Waals surface area contributed by atoms with Gasteiger partial charge in [-0.3, -0.25) is 0 Å². The van der Waals surface area contributed by atoms with Crippen molar-refractivity contribution in [2.24, 2.45) is 0 Å². The maximum absolute atomic E-state index is 4.52. The zero-order valence-electron chi connectivity index (χ0n) is 11.3. The van der Waals surface area contributed by atoms with Gasteiger partial charge in [0.2, 0.25) is 0 Å². The predicted octanol–water partition coefficient (Wildman–Crippen LogP) is 3.84. The van der Waals surface area contributed by atoms with Crippen LogP contribution in [0.25, 0.3) is 0 Å². The van der Waals surface area contributed by atoms with E-state index >= 15 is 0 Å². The molecular weight excluding hydrogens is 274 g/mol. The highest BCUT2D eigenvalue weighted by Crippen LogP contribution is 2.26. The van der Waals surface area contributed by atoms with Crippen LogP contribution in [-0.2, 0) is 5.75 Å². The predicted molar refractivity (Wildman–Crippen MR) is 84.1 cm³/mol. The third-order valence-electron chi connectivity index (χ3n) is 2.76. The number of thioether (sulfide) groups is 2. The van der Waals surface area contributed by atoms with Crippen LogP contribution in [0.5, 0.6) is 0 Å². The molecule has 5 heteroatoms. The lowest BCUT2D eigenvalue weighted by atomic mass is 10.1. The highest BCUT2D eigenvalue weighted by Gasteiger charge is 2.05. The van der Waals surface area contributed by atoms with Crippen molar-refractivity contribution in [3.8, 4) is 0 Å². The van der Waals surface area contributed by atoms with Gasteiger partial charge in [-0.25, -0.2) is 9.97 Å². The van der Waals surface area contributed by atoms with Gasteiger partial charge in [0.15, 0.2) is 5.16 Å². The van der Waals surface area contributed by atoms with Crippen molar-refractivity contribution in [3.63, 3.8) is 0 Å². The van der Waals surface area contributed by atoms with Crippen molar-refractivity contribution in [1.82, 2.24) is 9.97 Å². The molecule has 2 aromatic rings. The largest absolute Gasteiger partial charge is 0.373 e. The molecule has 0 atom stereocenters. The Morgan fingerprint density at radius 2 is 2.00 bits per heavy atom. The molecule has 1 heterocycles. The molecule has 100 valence electrons. The average molecular weight is 291 g/mol. The van der Waals surface area contributed by atoms with Gasteiger partial charge in [-0.05, 0) is 24.3 Å². The second kappa shape index (κ2) is 6.82. The first kappa shape index (κ1) is 14.2. The van der Waals surface area contributed by atoms with Crippen molar-refractivity contribution in [2.75, 3.05) is 18.6 Å². The Bertz CT molecular complexity index is 536. The van der Waals surface area contributed by atoms with Gasteiger partial charge < -0.3 is 5.32 Å². The van der Waals surface area contributed by atoms with Crippen molar-refractivity contribution >= 4 is 29.3 Å².